The molecule has 0 fully saturated rings. The van der Waals surface area contributed by atoms with Crippen molar-refractivity contribution in [2.45, 2.75) is 20.5 Å². The molecule has 25 heavy (non-hydrogen) atoms. The number of hydrogen-bond acceptors (Lipinski definition) is 6. The topological polar surface area (TPSA) is 94.8 Å². The SMILES string of the molecule is CCOC(=O)c1cn(-c2ccc(CO)cc2)cc(C(=O)OCC)c1=O. The Hall–Kier alpha value is -2.93. The summed E-state index contributed by atoms with van der Waals surface area (Å²) in [5, 5.41) is 9.12. The molecule has 0 aliphatic rings. The van der Waals surface area contributed by atoms with Gasteiger partial charge in [-0.15, -0.1) is 0 Å². The predicted octanol–water partition coefficient (Wildman–Crippen LogP) is 1.68. The highest BCUT2D eigenvalue weighted by Crippen LogP contribution is 2.12. The van der Waals surface area contributed by atoms with Crippen molar-refractivity contribution in [2.24, 2.45) is 0 Å². The van der Waals surface area contributed by atoms with Crippen LogP contribution in [0.5, 0.6) is 0 Å². The molecule has 0 spiro atoms. The van der Waals surface area contributed by atoms with Crippen LogP contribution < -0.4 is 5.43 Å². The Labute approximate surface area is 144 Å². The van der Waals surface area contributed by atoms with Gasteiger partial charge < -0.3 is 19.1 Å². The summed E-state index contributed by atoms with van der Waals surface area (Å²) in [4.78, 5) is 36.6. The van der Waals surface area contributed by atoms with Crippen LogP contribution >= 0.6 is 0 Å². The first kappa shape index (κ1) is 18.4. The number of carbonyl (C=O) groups is 2. The van der Waals surface area contributed by atoms with E-state index in [-0.39, 0.29) is 30.9 Å². The second kappa shape index (κ2) is 8.25. The number of aliphatic hydroxyl groups is 1. The number of hydrogen-bond donors (Lipinski definition) is 1. The number of esters is 2. The highest BCUT2D eigenvalue weighted by Gasteiger charge is 2.21. The van der Waals surface area contributed by atoms with Crippen LogP contribution in [-0.2, 0) is 16.1 Å². The van der Waals surface area contributed by atoms with Gasteiger partial charge >= 0.3 is 11.9 Å². The number of aromatic nitrogens is 1. The van der Waals surface area contributed by atoms with Gasteiger partial charge in [0.05, 0.1) is 19.8 Å². The number of ether oxygens (including phenoxy) is 2. The molecule has 0 aliphatic heterocycles. The molecule has 1 N–H and O–H groups in total. The number of carbonyl (C=O) groups excluding carboxylic acids is 2. The van der Waals surface area contributed by atoms with Crippen molar-refractivity contribution in [1.82, 2.24) is 4.57 Å². The number of rotatable bonds is 6. The van der Waals surface area contributed by atoms with Crippen molar-refractivity contribution in [3.8, 4) is 5.69 Å². The van der Waals surface area contributed by atoms with Crippen molar-refractivity contribution in [3.05, 3.63) is 63.6 Å². The average Bonchev–Trinajstić information content (AvgIpc) is 2.62. The van der Waals surface area contributed by atoms with Crippen LogP contribution in [0.2, 0.25) is 0 Å². The molecule has 1 heterocycles. The average molecular weight is 345 g/mol. The third kappa shape index (κ3) is 4.13. The van der Waals surface area contributed by atoms with Crippen LogP contribution in [0, 0.1) is 0 Å². The molecule has 0 unspecified atom stereocenters. The largest absolute Gasteiger partial charge is 0.462 e. The van der Waals surface area contributed by atoms with E-state index in [0.717, 1.165) is 0 Å². The molecule has 1 aromatic heterocycles. The minimum Gasteiger partial charge on any atom is -0.462 e. The zero-order chi connectivity index (χ0) is 18.4. The second-order valence-corrected chi connectivity index (χ2v) is 5.09. The smallest absolute Gasteiger partial charge is 0.343 e. The summed E-state index contributed by atoms with van der Waals surface area (Å²) in [5.41, 5.74) is 0.0757. The van der Waals surface area contributed by atoms with Gasteiger partial charge in [-0.2, -0.15) is 0 Å². The summed E-state index contributed by atoms with van der Waals surface area (Å²) >= 11 is 0. The molecule has 7 nitrogen and oxygen atoms in total. The number of pyridine rings is 1. The fraction of sp³-hybridized carbons (Fsp3) is 0.278. The second-order valence-electron chi connectivity index (χ2n) is 5.09. The lowest BCUT2D eigenvalue weighted by Gasteiger charge is -2.12. The summed E-state index contributed by atoms with van der Waals surface area (Å²) in [6.45, 7) is 3.35. The first-order valence-corrected chi connectivity index (χ1v) is 7.82. The van der Waals surface area contributed by atoms with E-state index in [4.69, 9.17) is 14.6 Å². The van der Waals surface area contributed by atoms with Gasteiger partial charge in [0.25, 0.3) is 0 Å². The summed E-state index contributed by atoms with van der Waals surface area (Å²) in [6, 6.07) is 6.78. The predicted molar refractivity (Wildman–Crippen MR) is 89.9 cm³/mol. The summed E-state index contributed by atoms with van der Waals surface area (Å²) in [6.07, 6.45) is 2.63. The van der Waals surface area contributed by atoms with Crippen molar-refractivity contribution in [3.63, 3.8) is 0 Å². The first-order valence-electron chi connectivity index (χ1n) is 7.82. The maximum atomic E-state index is 12.4. The van der Waals surface area contributed by atoms with Crippen LogP contribution in [0.3, 0.4) is 0 Å². The lowest BCUT2D eigenvalue weighted by Crippen LogP contribution is -2.26. The zero-order valence-electron chi connectivity index (χ0n) is 14.0. The van der Waals surface area contributed by atoms with Crippen LogP contribution in [0.25, 0.3) is 5.69 Å². The molecule has 1 aromatic carbocycles. The summed E-state index contributed by atoms with van der Waals surface area (Å²) in [7, 11) is 0. The van der Waals surface area contributed by atoms with Gasteiger partial charge in [-0.1, -0.05) is 12.1 Å². The number of benzene rings is 1. The van der Waals surface area contributed by atoms with E-state index in [9.17, 15) is 14.4 Å². The van der Waals surface area contributed by atoms with Crippen LogP contribution in [0.1, 0.15) is 40.1 Å². The minimum absolute atomic E-state index is 0.104. The van der Waals surface area contributed by atoms with Crippen molar-refractivity contribution in [2.75, 3.05) is 13.2 Å². The van der Waals surface area contributed by atoms with E-state index in [1.54, 1.807) is 38.1 Å². The molecular formula is C18H19NO6. The summed E-state index contributed by atoms with van der Waals surface area (Å²) in [5.74, 6) is -1.61. The van der Waals surface area contributed by atoms with Crippen molar-refractivity contribution in [1.29, 1.82) is 0 Å². The molecule has 2 rings (SSSR count). The Kier molecular flexibility index (Phi) is 6.08. The minimum atomic E-state index is -0.806. The third-order valence-corrected chi connectivity index (χ3v) is 3.43. The van der Waals surface area contributed by atoms with Crippen molar-refractivity contribution >= 4 is 11.9 Å². The van der Waals surface area contributed by atoms with E-state index in [0.29, 0.717) is 11.3 Å². The molecule has 0 radical (unpaired) electrons. The Bertz CT molecular complexity index is 780. The van der Waals surface area contributed by atoms with E-state index >= 15 is 0 Å². The standard InChI is InChI=1S/C18H19NO6/c1-3-24-17(22)14-9-19(13-7-5-12(11-20)6-8-13)10-15(16(14)21)18(23)25-4-2/h5-10,20H,3-4,11H2,1-2H3. The molecule has 0 saturated heterocycles. The number of nitrogens with zero attached hydrogens (tertiary/aromatic N) is 1. The Morgan fingerprint density at radius 2 is 1.44 bits per heavy atom. The Morgan fingerprint density at radius 1 is 0.960 bits per heavy atom. The first-order chi connectivity index (χ1) is 12.0. The normalized spacial score (nSPS) is 10.4. The van der Waals surface area contributed by atoms with E-state index in [1.165, 1.54) is 17.0 Å². The Balaban J connectivity index is 2.60. The maximum absolute atomic E-state index is 12.4. The highest BCUT2D eigenvalue weighted by molar-refractivity contribution is 5.94. The molecule has 132 valence electrons. The molecule has 0 aliphatic carbocycles. The Morgan fingerprint density at radius 3 is 1.84 bits per heavy atom. The lowest BCUT2D eigenvalue weighted by molar-refractivity contribution is 0.0520. The van der Waals surface area contributed by atoms with E-state index in [2.05, 4.69) is 0 Å². The highest BCUT2D eigenvalue weighted by atomic mass is 16.5. The molecule has 0 saturated carbocycles. The van der Waals surface area contributed by atoms with Gasteiger partial charge in [-0.25, -0.2) is 9.59 Å². The van der Waals surface area contributed by atoms with Gasteiger partial charge in [-0.3, -0.25) is 4.79 Å². The molecule has 0 amide bonds. The van der Waals surface area contributed by atoms with E-state index in [1.807, 2.05) is 0 Å². The van der Waals surface area contributed by atoms with Crippen molar-refractivity contribution < 1.29 is 24.2 Å². The molecule has 0 bridgehead atoms. The van der Waals surface area contributed by atoms with E-state index < -0.39 is 17.4 Å². The maximum Gasteiger partial charge on any atom is 0.343 e. The van der Waals surface area contributed by atoms with Gasteiger partial charge in [0.1, 0.15) is 11.1 Å². The van der Waals surface area contributed by atoms with Crippen LogP contribution in [0.4, 0.5) is 0 Å². The quantitative estimate of drug-likeness (QED) is 0.801. The van der Waals surface area contributed by atoms with Gasteiger partial charge in [-0.05, 0) is 31.5 Å². The fourth-order valence-corrected chi connectivity index (χ4v) is 2.21. The number of aliphatic hydroxyl groups excluding tert-OH is 1. The lowest BCUT2D eigenvalue weighted by atomic mass is 10.1. The fourth-order valence-electron chi connectivity index (χ4n) is 2.21. The van der Waals surface area contributed by atoms with Crippen LogP contribution in [-0.4, -0.2) is 34.8 Å². The van der Waals surface area contributed by atoms with Gasteiger partial charge in [0.2, 0.25) is 5.43 Å². The molecule has 2 aromatic rings. The molecular weight excluding hydrogens is 326 g/mol. The summed E-state index contributed by atoms with van der Waals surface area (Å²) < 4.78 is 11.3. The van der Waals surface area contributed by atoms with Gasteiger partial charge in [0, 0.05) is 18.1 Å². The van der Waals surface area contributed by atoms with Gasteiger partial charge in [0.15, 0.2) is 0 Å². The molecule has 7 heteroatoms. The third-order valence-electron chi connectivity index (χ3n) is 3.43. The monoisotopic (exact) mass is 345 g/mol. The van der Waals surface area contributed by atoms with Crippen LogP contribution in [0.15, 0.2) is 41.5 Å². The molecule has 0 atom stereocenters. The zero-order valence-corrected chi connectivity index (χ0v) is 14.0.